The van der Waals surface area contributed by atoms with Gasteiger partial charge in [-0.15, -0.1) is 0 Å². The standard InChI is InChI=1S/C22H25N5O/c1-15(22-25-11-12-26-22)27(14-16-5-2-7-18(13-16)21(23)28)19-9-3-6-17-8-4-10-24-20(17)19/h2,4-5,7-8,10-13,15,19H,3,6,9,14H2,1H3,(H2,23,28)(H,25,26). The predicted molar refractivity (Wildman–Crippen MR) is 107 cm³/mol. The number of nitrogens with two attached hydrogens (primary N) is 1. The minimum Gasteiger partial charge on any atom is -0.366 e. The molecule has 0 spiro atoms. The highest BCUT2D eigenvalue weighted by Gasteiger charge is 2.31. The summed E-state index contributed by atoms with van der Waals surface area (Å²) in [6.07, 6.45) is 8.76. The number of carbonyl (C=O) groups is 1. The number of hydrogen-bond acceptors (Lipinski definition) is 4. The van der Waals surface area contributed by atoms with Crippen LogP contribution in [0.4, 0.5) is 0 Å². The van der Waals surface area contributed by atoms with Crippen LogP contribution in [0.15, 0.2) is 55.0 Å². The number of amides is 1. The summed E-state index contributed by atoms with van der Waals surface area (Å²) in [7, 11) is 0. The quantitative estimate of drug-likeness (QED) is 0.690. The minimum atomic E-state index is -0.405. The van der Waals surface area contributed by atoms with Gasteiger partial charge in [0.1, 0.15) is 5.82 Å². The smallest absolute Gasteiger partial charge is 0.248 e. The molecular formula is C22H25N5O. The Morgan fingerprint density at radius 1 is 1.29 bits per heavy atom. The summed E-state index contributed by atoms with van der Waals surface area (Å²) < 4.78 is 0. The number of fused-ring (bicyclic) bond motifs is 1. The van der Waals surface area contributed by atoms with Gasteiger partial charge in [-0.25, -0.2) is 4.98 Å². The van der Waals surface area contributed by atoms with Gasteiger partial charge in [-0.2, -0.15) is 0 Å². The van der Waals surface area contributed by atoms with Crippen molar-refractivity contribution in [1.29, 1.82) is 0 Å². The number of benzene rings is 1. The molecule has 1 aromatic carbocycles. The second kappa shape index (κ2) is 7.94. The van der Waals surface area contributed by atoms with Crippen molar-refractivity contribution in [2.75, 3.05) is 0 Å². The Morgan fingerprint density at radius 2 is 2.18 bits per heavy atom. The second-order valence-corrected chi connectivity index (χ2v) is 7.34. The highest BCUT2D eigenvalue weighted by atomic mass is 16.1. The van der Waals surface area contributed by atoms with Crippen LogP contribution in [0.2, 0.25) is 0 Å². The van der Waals surface area contributed by atoms with Gasteiger partial charge in [0.25, 0.3) is 0 Å². The van der Waals surface area contributed by atoms with Crippen LogP contribution < -0.4 is 5.73 Å². The number of nitrogens with zero attached hydrogens (tertiary/aromatic N) is 3. The number of aryl methyl sites for hydroxylation is 1. The molecule has 6 nitrogen and oxygen atoms in total. The lowest BCUT2D eigenvalue weighted by atomic mass is 9.89. The van der Waals surface area contributed by atoms with Crippen molar-refractivity contribution in [1.82, 2.24) is 19.9 Å². The molecule has 2 aromatic heterocycles. The van der Waals surface area contributed by atoms with E-state index in [1.54, 1.807) is 12.3 Å². The molecule has 0 radical (unpaired) electrons. The molecule has 28 heavy (non-hydrogen) atoms. The molecule has 0 saturated heterocycles. The number of nitrogens with one attached hydrogen (secondary N) is 1. The molecule has 4 rings (SSSR count). The lowest BCUT2D eigenvalue weighted by molar-refractivity contribution is 0.0999. The van der Waals surface area contributed by atoms with E-state index >= 15 is 0 Å². The third-order valence-corrected chi connectivity index (χ3v) is 5.55. The van der Waals surface area contributed by atoms with Crippen molar-refractivity contribution in [2.45, 2.75) is 44.8 Å². The Bertz CT molecular complexity index is 953. The number of carbonyl (C=O) groups excluding carboxylic acids is 1. The third-order valence-electron chi connectivity index (χ3n) is 5.55. The van der Waals surface area contributed by atoms with Crippen LogP contribution in [0.3, 0.4) is 0 Å². The van der Waals surface area contributed by atoms with Gasteiger partial charge in [0.2, 0.25) is 5.91 Å². The number of aromatic amines is 1. The fraction of sp³-hybridized carbons (Fsp3) is 0.318. The second-order valence-electron chi connectivity index (χ2n) is 7.34. The summed E-state index contributed by atoms with van der Waals surface area (Å²) in [4.78, 5) is 26.5. The van der Waals surface area contributed by atoms with Gasteiger partial charge in [0, 0.05) is 30.7 Å². The number of imidazole rings is 1. The fourth-order valence-corrected chi connectivity index (χ4v) is 4.12. The topological polar surface area (TPSA) is 87.9 Å². The molecule has 144 valence electrons. The number of H-pyrrole nitrogens is 1. The average Bonchev–Trinajstić information content (AvgIpc) is 3.26. The van der Waals surface area contributed by atoms with E-state index in [1.807, 2.05) is 36.7 Å². The molecule has 2 heterocycles. The first-order valence-electron chi connectivity index (χ1n) is 9.71. The molecule has 0 fully saturated rings. The maximum Gasteiger partial charge on any atom is 0.248 e. The van der Waals surface area contributed by atoms with Crippen LogP contribution in [0.1, 0.15) is 64.9 Å². The SMILES string of the molecule is CC(c1ncc[nH]1)N(Cc1cccc(C(N)=O)c1)C1CCCc2cccnc21. The van der Waals surface area contributed by atoms with Crippen LogP contribution in [-0.2, 0) is 13.0 Å². The van der Waals surface area contributed by atoms with Gasteiger partial charge in [-0.05, 0) is 55.5 Å². The summed E-state index contributed by atoms with van der Waals surface area (Å²) in [5.74, 6) is 0.520. The first-order chi connectivity index (χ1) is 13.6. The van der Waals surface area contributed by atoms with Gasteiger partial charge in [0.15, 0.2) is 0 Å². The zero-order chi connectivity index (χ0) is 19.5. The van der Waals surface area contributed by atoms with E-state index in [9.17, 15) is 4.79 Å². The Kier molecular flexibility index (Phi) is 5.21. The molecule has 2 unspecified atom stereocenters. The van der Waals surface area contributed by atoms with Gasteiger partial charge in [0.05, 0.1) is 17.8 Å². The zero-order valence-corrected chi connectivity index (χ0v) is 16.0. The molecule has 1 aliphatic carbocycles. The van der Waals surface area contributed by atoms with E-state index in [-0.39, 0.29) is 12.1 Å². The minimum absolute atomic E-state index is 0.0743. The number of pyridine rings is 1. The summed E-state index contributed by atoms with van der Waals surface area (Å²) in [6.45, 7) is 2.84. The number of aromatic nitrogens is 3. The van der Waals surface area contributed by atoms with Gasteiger partial charge in [-0.3, -0.25) is 14.7 Å². The van der Waals surface area contributed by atoms with E-state index in [1.165, 1.54) is 5.56 Å². The molecule has 3 aromatic rings. The molecule has 3 N–H and O–H groups in total. The summed E-state index contributed by atoms with van der Waals surface area (Å²) in [5, 5.41) is 0. The highest BCUT2D eigenvalue weighted by Crippen LogP contribution is 2.38. The van der Waals surface area contributed by atoms with Gasteiger partial charge < -0.3 is 10.7 Å². The molecule has 2 atom stereocenters. The molecule has 0 saturated carbocycles. The van der Waals surface area contributed by atoms with Crippen molar-refractivity contribution in [3.05, 3.63) is 83.2 Å². The number of hydrogen-bond donors (Lipinski definition) is 2. The number of rotatable bonds is 6. The molecule has 1 amide bonds. The molecule has 6 heteroatoms. The van der Waals surface area contributed by atoms with Gasteiger partial charge >= 0.3 is 0 Å². The Labute approximate surface area is 164 Å². The summed E-state index contributed by atoms with van der Waals surface area (Å²) >= 11 is 0. The first-order valence-corrected chi connectivity index (χ1v) is 9.71. The lowest BCUT2D eigenvalue weighted by Crippen LogP contribution is -2.34. The normalized spacial score (nSPS) is 17.3. The Morgan fingerprint density at radius 3 is 2.96 bits per heavy atom. The van der Waals surface area contributed by atoms with E-state index in [4.69, 9.17) is 10.7 Å². The van der Waals surface area contributed by atoms with Crippen molar-refractivity contribution in [3.8, 4) is 0 Å². The lowest BCUT2D eigenvalue weighted by Gasteiger charge is -2.38. The van der Waals surface area contributed by atoms with Crippen LogP contribution in [0.25, 0.3) is 0 Å². The molecule has 0 aliphatic heterocycles. The van der Waals surface area contributed by atoms with Crippen LogP contribution in [-0.4, -0.2) is 25.8 Å². The maximum atomic E-state index is 11.6. The van der Waals surface area contributed by atoms with Crippen molar-refractivity contribution < 1.29 is 4.79 Å². The number of primary amides is 1. The van der Waals surface area contributed by atoms with Crippen molar-refractivity contribution in [3.63, 3.8) is 0 Å². The van der Waals surface area contributed by atoms with Crippen molar-refractivity contribution in [2.24, 2.45) is 5.73 Å². The van der Waals surface area contributed by atoms with E-state index in [0.29, 0.717) is 12.1 Å². The van der Waals surface area contributed by atoms with E-state index < -0.39 is 5.91 Å². The van der Waals surface area contributed by atoms with Crippen LogP contribution in [0, 0.1) is 0 Å². The Hall–Kier alpha value is -2.99. The Balaban J connectivity index is 1.71. The first kappa shape index (κ1) is 18.4. The summed E-state index contributed by atoms with van der Waals surface area (Å²) in [6, 6.07) is 12.0. The monoisotopic (exact) mass is 375 g/mol. The molecular weight excluding hydrogens is 350 g/mol. The maximum absolute atomic E-state index is 11.6. The largest absolute Gasteiger partial charge is 0.366 e. The third kappa shape index (κ3) is 3.68. The average molecular weight is 375 g/mol. The predicted octanol–water partition coefficient (Wildman–Crippen LogP) is 3.54. The highest BCUT2D eigenvalue weighted by molar-refractivity contribution is 5.92. The fourth-order valence-electron chi connectivity index (χ4n) is 4.12. The van der Waals surface area contributed by atoms with Crippen molar-refractivity contribution >= 4 is 5.91 Å². The van der Waals surface area contributed by atoms with Crippen LogP contribution in [0.5, 0.6) is 0 Å². The van der Waals surface area contributed by atoms with E-state index in [0.717, 1.165) is 36.3 Å². The van der Waals surface area contributed by atoms with E-state index in [2.05, 4.69) is 27.9 Å². The van der Waals surface area contributed by atoms with Crippen LogP contribution >= 0.6 is 0 Å². The van der Waals surface area contributed by atoms with Gasteiger partial charge in [-0.1, -0.05) is 18.2 Å². The zero-order valence-electron chi connectivity index (χ0n) is 16.0. The molecule has 0 bridgehead atoms. The molecule has 1 aliphatic rings. The summed E-state index contributed by atoms with van der Waals surface area (Å²) in [5.41, 5.74) is 9.54.